The van der Waals surface area contributed by atoms with Gasteiger partial charge in [-0.25, -0.2) is 4.39 Å². The molecule has 1 aliphatic carbocycles. The SMILES string of the molecule is O=Cc1ccccc1OCC(=O)NC(c1ccc(F)cc1)C1CCCC1. The van der Waals surface area contributed by atoms with Crippen LogP contribution >= 0.6 is 0 Å². The van der Waals surface area contributed by atoms with E-state index in [2.05, 4.69) is 5.32 Å². The zero-order chi connectivity index (χ0) is 18.4. The third-order valence-electron chi connectivity index (χ3n) is 4.82. The van der Waals surface area contributed by atoms with Gasteiger partial charge in [0.25, 0.3) is 5.91 Å². The third-order valence-corrected chi connectivity index (χ3v) is 4.82. The average molecular weight is 355 g/mol. The molecule has 1 N–H and O–H groups in total. The van der Waals surface area contributed by atoms with Gasteiger partial charge in [0.1, 0.15) is 11.6 Å². The topological polar surface area (TPSA) is 55.4 Å². The number of aldehydes is 1. The van der Waals surface area contributed by atoms with Crippen molar-refractivity contribution in [3.63, 3.8) is 0 Å². The molecule has 0 aromatic heterocycles. The summed E-state index contributed by atoms with van der Waals surface area (Å²) in [5.74, 6) is 0.175. The number of carbonyl (C=O) groups excluding carboxylic acids is 2. The Morgan fingerprint density at radius 1 is 1.15 bits per heavy atom. The Balaban J connectivity index is 1.67. The minimum absolute atomic E-state index is 0.157. The molecule has 5 heteroatoms. The predicted molar refractivity (Wildman–Crippen MR) is 96.6 cm³/mol. The molecule has 3 rings (SSSR count). The van der Waals surface area contributed by atoms with Gasteiger partial charge < -0.3 is 10.1 Å². The highest BCUT2D eigenvalue weighted by atomic mass is 19.1. The van der Waals surface area contributed by atoms with Crippen molar-refractivity contribution in [2.45, 2.75) is 31.7 Å². The zero-order valence-corrected chi connectivity index (χ0v) is 14.5. The summed E-state index contributed by atoms with van der Waals surface area (Å²) < 4.78 is 18.7. The lowest BCUT2D eigenvalue weighted by atomic mass is 9.91. The minimum Gasteiger partial charge on any atom is -0.483 e. The maximum Gasteiger partial charge on any atom is 0.258 e. The first-order valence-electron chi connectivity index (χ1n) is 8.89. The van der Waals surface area contributed by atoms with Crippen LogP contribution in [-0.4, -0.2) is 18.8 Å². The number of rotatable bonds is 7. The molecule has 136 valence electrons. The Bertz CT molecular complexity index is 754. The van der Waals surface area contributed by atoms with E-state index < -0.39 is 0 Å². The van der Waals surface area contributed by atoms with Gasteiger partial charge in [-0.05, 0) is 48.6 Å². The van der Waals surface area contributed by atoms with Crippen molar-refractivity contribution in [3.05, 3.63) is 65.5 Å². The minimum atomic E-state index is -0.293. The number of hydrogen-bond acceptors (Lipinski definition) is 3. The quantitative estimate of drug-likeness (QED) is 0.762. The van der Waals surface area contributed by atoms with Crippen LogP contribution in [-0.2, 0) is 4.79 Å². The summed E-state index contributed by atoms with van der Waals surface area (Å²) in [6.07, 6.45) is 5.06. The molecule has 0 saturated heterocycles. The van der Waals surface area contributed by atoms with Crippen molar-refractivity contribution in [2.24, 2.45) is 5.92 Å². The van der Waals surface area contributed by atoms with E-state index in [9.17, 15) is 14.0 Å². The molecule has 1 aliphatic rings. The molecule has 0 radical (unpaired) electrons. The molecule has 26 heavy (non-hydrogen) atoms. The monoisotopic (exact) mass is 355 g/mol. The van der Waals surface area contributed by atoms with Gasteiger partial charge in [-0.15, -0.1) is 0 Å². The third kappa shape index (κ3) is 4.48. The Morgan fingerprint density at radius 2 is 1.85 bits per heavy atom. The van der Waals surface area contributed by atoms with E-state index in [1.54, 1.807) is 36.4 Å². The van der Waals surface area contributed by atoms with Crippen LogP contribution in [0.25, 0.3) is 0 Å². The molecule has 4 nitrogen and oxygen atoms in total. The van der Waals surface area contributed by atoms with Crippen molar-refractivity contribution in [1.29, 1.82) is 0 Å². The highest BCUT2D eigenvalue weighted by Crippen LogP contribution is 2.35. The summed E-state index contributed by atoms with van der Waals surface area (Å²) in [5, 5.41) is 3.03. The summed E-state index contributed by atoms with van der Waals surface area (Å²) in [5.41, 5.74) is 1.31. The van der Waals surface area contributed by atoms with Crippen LogP contribution in [0.2, 0.25) is 0 Å². The van der Waals surface area contributed by atoms with E-state index in [4.69, 9.17) is 4.74 Å². The number of carbonyl (C=O) groups is 2. The number of benzene rings is 2. The lowest BCUT2D eigenvalue weighted by molar-refractivity contribution is -0.124. The molecular formula is C21H22FNO3. The standard InChI is InChI=1S/C21H22FNO3/c22-18-11-9-16(10-12-18)21(15-5-1-2-6-15)23-20(25)14-26-19-8-4-3-7-17(19)13-24/h3-4,7-13,15,21H,1-2,5-6,14H2,(H,23,25). The molecule has 0 heterocycles. The Kier molecular flexibility index (Phi) is 6.00. The second kappa shape index (κ2) is 8.61. The molecule has 0 aliphatic heterocycles. The van der Waals surface area contributed by atoms with E-state index in [1.165, 1.54) is 12.1 Å². The molecule has 0 spiro atoms. The molecule has 1 saturated carbocycles. The largest absolute Gasteiger partial charge is 0.483 e. The summed E-state index contributed by atoms with van der Waals surface area (Å²) >= 11 is 0. The fourth-order valence-corrected chi connectivity index (χ4v) is 3.50. The second-order valence-corrected chi connectivity index (χ2v) is 6.59. The number of nitrogens with one attached hydrogen (secondary N) is 1. The fourth-order valence-electron chi connectivity index (χ4n) is 3.50. The van der Waals surface area contributed by atoms with Gasteiger partial charge in [0.15, 0.2) is 12.9 Å². The molecule has 2 aromatic rings. The van der Waals surface area contributed by atoms with Gasteiger partial charge in [-0.1, -0.05) is 37.1 Å². The second-order valence-electron chi connectivity index (χ2n) is 6.59. The molecule has 1 fully saturated rings. The van der Waals surface area contributed by atoms with Crippen molar-refractivity contribution in [1.82, 2.24) is 5.32 Å². The van der Waals surface area contributed by atoms with Gasteiger partial charge in [0.05, 0.1) is 11.6 Å². The molecule has 1 unspecified atom stereocenters. The number of para-hydroxylation sites is 1. The van der Waals surface area contributed by atoms with Crippen LogP contribution in [0.3, 0.4) is 0 Å². The highest BCUT2D eigenvalue weighted by Gasteiger charge is 2.27. The molecule has 0 bridgehead atoms. The molecule has 1 atom stereocenters. The van der Waals surface area contributed by atoms with Crippen LogP contribution in [0.15, 0.2) is 48.5 Å². The van der Waals surface area contributed by atoms with Crippen LogP contribution < -0.4 is 10.1 Å². The van der Waals surface area contributed by atoms with Gasteiger partial charge in [-0.3, -0.25) is 9.59 Å². The number of ether oxygens (including phenoxy) is 1. The summed E-state index contributed by atoms with van der Waals surface area (Å²) in [6.45, 7) is -0.171. The maximum atomic E-state index is 13.2. The lowest BCUT2D eigenvalue weighted by Crippen LogP contribution is -2.36. The smallest absolute Gasteiger partial charge is 0.258 e. The molecular weight excluding hydrogens is 333 g/mol. The van der Waals surface area contributed by atoms with Crippen molar-refractivity contribution in [3.8, 4) is 5.75 Å². The number of amides is 1. The first kappa shape index (κ1) is 18.1. The van der Waals surface area contributed by atoms with E-state index in [1.807, 2.05) is 0 Å². The van der Waals surface area contributed by atoms with Crippen molar-refractivity contribution < 1.29 is 18.7 Å². The van der Waals surface area contributed by atoms with Crippen LogP contribution in [0.4, 0.5) is 4.39 Å². The van der Waals surface area contributed by atoms with E-state index >= 15 is 0 Å². The van der Waals surface area contributed by atoms with Gasteiger partial charge in [0.2, 0.25) is 0 Å². The predicted octanol–water partition coefficient (Wildman–Crippen LogP) is 4.06. The first-order chi connectivity index (χ1) is 12.7. The van der Waals surface area contributed by atoms with Crippen LogP contribution in [0, 0.1) is 11.7 Å². The Morgan fingerprint density at radius 3 is 2.54 bits per heavy atom. The van der Waals surface area contributed by atoms with Gasteiger partial charge >= 0.3 is 0 Å². The van der Waals surface area contributed by atoms with Crippen molar-refractivity contribution in [2.75, 3.05) is 6.61 Å². The van der Waals surface area contributed by atoms with Gasteiger partial charge in [-0.2, -0.15) is 0 Å². The summed E-state index contributed by atoms with van der Waals surface area (Å²) in [4.78, 5) is 23.4. The molecule has 1 amide bonds. The fraction of sp³-hybridized carbons (Fsp3) is 0.333. The highest BCUT2D eigenvalue weighted by molar-refractivity contribution is 5.81. The maximum absolute atomic E-state index is 13.2. The van der Waals surface area contributed by atoms with Crippen LogP contribution in [0.5, 0.6) is 5.75 Å². The van der Waals surface area contributed by atoms with Gasteiger partial charge in [0, 0.05) is 0 Å². The number of halogens is 1. The summed E-state index contributed by atoms with van der Waals surface area (Å²) in [7, 11) is 0. The van der Waals surface area contributed by atoms with Crippen LogP contribution in [0.1, 0.15) is 47.6 Å². The van der Waals surface area contributed by atoms with E-state index in [0.29, 0.717) is 23.5 Å². The lowest BCUT2D eigenvalue weighted by Gasteiger charge is -2.25. The normalized spacial score (nSPS) is 15.4. The average Bonchev–Trinajstić information content (AvgIpc) is 3.20. The Hall–Kier alpha value is -2.69. The van der Waals surface area contributed by atoms with E-state index in [-0.39, 0.29) is 24.4 Å². The van der Waals surface area contributed by atoms with Crippen molar-refractivity contribution >= 4 is 12.2 Å². The van der Waals surface area contributed by atoms with E-state index in [0.717, 1.165) is 31.2 Å². The summed E-state index contributed by atoms with van der Waals surface area (Å²) in [6, 6.07) is 12.9. The first-order valence-corrected chi connectivity index (χ1v) is 8.89. The zero-order valence-electron chi connectivity index (χ0n) is 14.5. The molecule has 2 aromatic carbocycles. The Labute approximate surface area is 152 Å². The number of hydrogen-bond donors (Lipinski definition) is 1.